The fourth-order valence-corrected chi connectivity index (χ4v) is 1.86. The van der Waals surface area contributed by atoms with Crippen LogP contribution in [-0.4, -0.2) is 30.4 Å². The Bertz CT molecular complexity index is 365. The maximum Gasteiger partial charge on any atom is 0.0898 e. The molecule has 0 amide bonds. The Labute approximate surface area is 113 Å². The molecule has 2 rings (SSSR count). The highest BCUT2D eigenvalue weighted by atomic mass is 35.5. The number of hydrogen-bond acceptors (Lipinski definition) is 3. The third kappa shape index (κ3) is 4.58. The number of halogens is 1. The lowest BCUT2D eigenvalue weighted by Gasteiger charge is -2.17. The molecular weight excluding hydrogens is 250 g/mol. The van der Waals surface area contributed by atoms with Gasteiger partial charge in [-0.15, -0.1) is 0 Å². The summed E-state index contributed by atoms with van der Waals surface area (Å²) in [7, 11) is 0. The number of benzene rings is 1. The molecule has 2 N–H and O–H groups in total. The van der Waals surface area contributed by atoms with Gasteiger partial charge in [0.15, 0.2) is 0 Å². The minimum atomic E-state index is -0.444. The zero-order chi connectivity index (χ0) is 13.0. The summed E-state index contributed by atoms with van der Waals surface area (Å²) >= 11 is 5.83. The van der Waals surface area contributed by atoms with Crippen molar-refractivity contribution in [1.82, 2.24) is 5.32 Å². The molecule has 1 aromatic carbocycles. The largest absolute Gasteiger partial charge is 0.389 e. The minimum absolute atomic E-state index is 0.0298. The van der Waals surface area contributed by atoms with Gasteiger partial charge in [0.25, 0.3) is 0 Å². The molecule has 0 spiro atoms. The van der Waals surface area contributed by atoms with E-state index < -0.39 is 6.10 Å². The van der Waals surface area contributed by atoms with Gasteiger partial charge in [-0.05, 0) is 37.5 Å². The molecule has 18 heavy (non-hydrogen) atoms. The summed E-state index contributed by atoms with van der Waals surface area (Å²) in [4.78, 5) is 0. The van der Waals surface area contributed by atoms with Gasteiger partial charge in [0.05, 0.1) is 18.8 Å². The van der Waals surface area contributed by atoms with Crippen LogP contribution in [0.3, 0.4) is 0 Å². The Morgan fingerprint density at radius 2 is 2.06 bits per heavy atom. The van der Waals surface area contributed by atoms with Crippen LogP contribution in [0.15, 0.2) is 24.3 Å². The Hall–Kier alpha value is -0.610. The second-order valence-electron chi connectivity index (χ2n) is 4.86. The van der Waals surface area contributed by atoms with Gasteiger partial charge in [-0.1, -0.05) is 23.7 Å². The van der Waals surface area contributed by atoms with Crippen molar-refractivity contribution in [2.75, 3.05) is 13.2 Å². The van der Waals surface area contributed by atoms with Crippen molar-refractivity contribution in [2.45, 2.75) is 38.0 Å². The van der Waals surface area contributed by atoms with Gasteiger partial charge in [-0.2, -0.15) is 0 Å². The molecule has 3 nitrogen and oxygen atoms in total. The summed E-state index contributed by atoms with van der Waals surface area (Å²) in [5.41, 5.74) is 1.07. The van der Waals surface area contributed by atoms with Crippen LogP contribution in [0.5, 0.6) is 0 Å². The van der Waals surface area contributed by atoms with E-state index in [1.807, 2.05) is 31.2 Å². The molecule has 2 atom stereocenters. The van der Waals surface area contributed by atoms with Crippen molar-refractivity contribution in [2.24, 2.45) is 0 Å². The number of aliphatic hydroxyl groups is 1. The maximum atomic E-state index is 9.76. The molecule has 0 bridgehead atoms. The molecule has 4 heteroatoms. The van der Waals surface area contributed by atoms with Crippen molar-refractivity contribution >= 4 is 11.6 Å². The van der Waals surface area contributed by atoms with Crippen LogP contribution in [0.1, 0.15) is 31.4 Å². The molecule has 0 radical (unpaired) electrons. The van der Waals surface area contributed by atoms with Crippen LogP contribution >= 0.6 is 11.6 Å². The number of ether oxygens (including phenoxy) is 1. The topological polar surface area (TPSA) is 41.5 Å². The zero-order valence-electron chi connectivity index (χ0n) is 10.6. The molecule has 1 aliphatic carbocycles. The lowest BCUT2D eigenvalue weighted by molar-refractivity contribution is -0.00212. The first-order chi connectivity index (χ1) is 8.65. The fourth-order valence-electron chi connectivity index (χ4n) is 1.73. The van der Waals surface area contributed by atoms with Crippen LogP contribution in [0.25, 0.3) is 0 Å². The molecule has 1 saturated carbocycles. The van der Waals surface area contributed by atoms with Crippen LogP contribution in [-0.2, 0) is 4.74 Å². The average Bonchev–Trinajstić information content (AvgIpc) is 3.18. The smallest absolute Gasteiger partial charge is 0.0898 e. The van der Waals surface area contributed by atoms with E-state index in [0.29, 0.717) is 19.2 Å². The summed E-state index contributed by atoms with van der Waals surface area (Å²) in [6, 6.07) is 8.21. The normalized spacial score (nSPS) is 18.6. The van der Waals surface area contributed by atoms with Crippen LogP contribution in [0, 0.1) is 0 Å². The van der Waals surface area contributed by atoms with E-state index in [4.69, 9.17) is 16.3 Å². The third-order valence-corrected chi connectivity index (χ3v) is 3.35. The fraction of sp³-hybridized carbons (Fsp3) is 0.571. The Morgan fingerprint density at radius 3 is 2.67 bits per heavy atom. The molecular formula is C14H20ClNO2. The van der Waals surface area contributed by atoms with E-state index in [1.54, 1.807) is 0 Å². The summed E-state index contributed by atoms with van der Waals surface area (Å²) in [6.45, 7) is 2.94. The van der Waals surface area contributed by atoms with Gasteiger partial charge in [-0.25, -0.2) is 0 Å². The maximum absolute atomic E-state index is 9.76. The average molecular weight is 270 g/mol. The van der Waals surface area contributed by atoms with E-state index in [2.05, 4.69) is 5.32 Å². The molecule has 1 aromatic rings. The Kier molecular flexibility index (Phi) is 5.01. The second-order valence-corrected chi connectivity index (χ2v) is 5.30. The summed E-state index contributed by atoms with van der Waals surface area (Å²) in [5, 5.41) is 13.8. The van der Waals surface area contributed by atoms with Crippen LogP contribution in [0.2, 0.25) is 5.02 Å². The quantitative estimate of drug-likeness (QED) is 0.799. The molecule has 100 valence electrons. The molecule has 0 aromatic heterocycles. The summed E-state index contributed by atoms with van der Waals surface area (Å²) in [5.74, 6) is 0. The van der Waals surface area contributed by atoms with Crippen molar-refractivity contribution in [3.63, 3.8) is 0 Å². The van der Waals surface area contributed by atoms with E-state index in [-0.39, 0.29) is 6.10 Å². The zero-order valence-corrected chi connectivity index (χ0v) is 11.4. The van der Waals surface area contributed by atoms with E-state index >= 15 is 0 Å². The van der Waals surface area contributed by atoms with Crippen molar-refractivity contribution < 1.29 is 9.84 Å². The summed E-state index contributed by atoms with van der Waals surface area (Å²) in [6.07, 6.45) is 1.99. The second kappa shape index (κ2) is 6.53. The van der Waals surface area contributed by atoms with Gasteiger partial charge in [0.1, 0.15) is 0 Å². The standard InChI is InChI=1S/C14H20ClNO2/c1-10(11-2-4-12(15)5-3-11)18-9-14(17)8-16-13-6-7-13/h2-5,10,13-14,16-17H,6-9H2,1H3/t10-,14+/m1/s1. The van der Waals surface area contributed by atoms with Crippen LogP contribution < -0.4 is 5.32 Å². The monoisotopic (exact) mass is 269 g/mol. The predicted octanol–water partition coefficient (Wildman–Crippen LogP) is 2.53. The number of nitrogens with one attached hydrogen (secondary N) is 1. The van der Waals surface area contributed by atoms with Crippen molar-refractivity contribution in [3.05, 3.63) is 34.9 Å². The lowest BCUT2D eigenvalue weighted by atomic mass is 10.1. The molecule has 0 heterocycles. The van der Waals surface area contributed by atoms with Gasteiger partial charge >= 0.3 is 0 Å². The van der Waals surface area contributed by atoms with Gasteiger partial charge in [-0.3, -0.25) is 0 Å². The van der Waals surface area contributed by atoms with Crippen molar-refractivity contribution in [3.8, 4) is 0 Å². The number of aliphatic hydroxyl groups excluding tert-OH is 1. The predicted molar refractivity (Wildman–Crippen MR) is 72.9 cm³/mol. The third-order valence-electron chi connectivity index (χ3n) is 3.10. The lowest BCUT2D eigenvalue weighted by Crippen LogP contribution is -2.31. The number of rotatable bonds is 7. The number of hydrogen-bond donors (Lipinski definition) is 2. The summed E-state index contributed by atoms with van der Waals surface area (Å²) < 4.78 is 5.65. The molecule has 0 unspecified atom stereocenters. The van der Waals surface area contributed by atoms with E-state index in [9.17, 15) is 5.11 Å². The highest BCUT2D eigenvalue weighted by Gasteiger charge is 2.21. The first kappa shape index (κ1) is 13.8. The Balaban J connectivity index is 1.69. The molecule has 0 saturated heterocycles. The van der Waals surface area contributed by atoms with Crippen LogP contribution in [0.4, 0.5) is 0 Å². The van der Waals surface area contributed by atoms with Gasteiger partial charge < -0.3 is 15.2 Å². The molecule has 1 fully saturated rings. The Morgan fingerprint density at radius 1 is 1.39 bits per heavy atom. The highest BCUT2D eigenvalue weighted by Crippen LogP contribution is 2.20. The van der Waals surface area contributed by atoms with Gasteiger partial charge in [0, 0.05) is 17.6 Å². The molecule has 1 aliphatic rings. The minimum Gasteiger partial charge on any atom is -0.389 e. The SMILES string of the molecule is C[C@@H](OC[C@@H](O)CNC1CC1)c1ccc(Cl)cc1. The van der Waals surface area contributed by atoms with E-state index in [1.165, 1.54) is 12.8 Å². The highest BCUT2D eigenvalue weighted by molar-refractivity contribution is 6.30. The first-order valence-electron chi connectivity index (χ1n) is 6.43. The van der Waals surface area contributed by atoms with Gasteiger partial charge in [0.2, 0.25) is 0 Å². The first-order valence-corrected chi connectivity index (χ1v) is 6.81. The van der Waals surface area contributed by atoms with E-state index in [0.717, 1.165) is 10.6 Å². The van der Waals surface area contributed by atoms with Crippen molar-refractivity contribution in [1.29, 1.82) is 0 Å². The molecule has 0 aliphatic heterocycles.